The molecule has 0 atom stereocenters. The largest absolute Gasteiger partial charge is 0.432 e. The first-order chi connectivity index (χ1) is 14.1. The Morgan fingerprint density at radius 3 is 1.87 bits per heavy atom. The number of halogens is 7. The smallest absolute Gasteiger partial charge is 0.429 e. The molecule has 1 fully saturated rings. The second kappa shape index (κ2) is 8.86. The maximum atomic E-state index is 14.5. The summed E-state index contributed by atoms with van der Waals surface area (Å²) in [5, 5.41) is 0. The summed E-state index contributed by atoms with van der Waals surface area (Å²) in [5.74, 6) is -9.12. The van der Waals surface area contributed by atoms with Gasteiger partial charge in [-0.25, -0.2) is 22.0 Å². The third-order valence-corrected chi connectivity index (χ3v) is 5.57. The molecule has 8 heteroatoms. The SMILES string of the molecule is CCC[C@H]1CC[C@H](c2cc(F)c(C(F)(F)Oc3cc(F)c(F)c(F)c3)c(F)c2)CC1. The van der Waals surface area contributed by atoms with Crippen LogP contribution in [-0.2, 0) is 6.11 Å². The molecule has 0 bridgehead atoms. The van der Waals surface area contributed by atoms with Crippen LogP contribution in [0.1, 0.15) is 62.5 Å². The first-order valence-electron chi connectivity index (χ1n) is 9.83. The first kappa shape index (κ1) is 22.4. The highest BCUT2D eigenvalue weighted by Crippen LogP contribution is 2.41. The highest BCUT2D eigenvalue weighted by Gasteiger charge is 2.42. The minimum atomic E-state index is -4.57. The lowest BCUT2D eigenvalue weighted by Gasteiger charge is -2.29. The molecule has 1 aliphatic carbocycles. The van der Waals surface area contributed by atoms with Crippen molar-refractivity contribution >= 4 is 0 Å². The zero-order valence-corrected chi connectivity index (χ0v) is 16.3. The third kappa shape index (κ3) is 4.73. The fourth-order valence-corrected chi connectivity index (χ4v) is 4.09. The minimum Gasteiger partial charge on any atom is -0.429 e. The Hall–Kier alpha value is -2.25. The van der Waals surface area contributed by atoms with Gasteiger partial charge in [0.25, 0.3) is 0 Å². The van der Waals surface area contributed by atoms with Gasteiger partial charge in [-0.1, -0.05) is 19.8 Å². The molecule has 0 amide bonds. The third-order valence-electron chi connectivity index (χ3n) is 5.57. The molecular formula is C22H21F7O. The lowest BCUT2D eigenvalue weighted by atomic mass is 9.77. The number of rotatable bonds is 6. The van der Waals surface area contributed by atoms with E-state index in [1.165, 1.54) is 0 Å². The lowest BCUT2D eigenvalue weighted by Crippen LogP contribution is -2.26. The summed E-state index contributed by atoms with van der Waals surface area (Å²) in [5.41, 5.74) is -1.38. The van der Waals surface area contributed by atoms with Crippen LogP contribution < -0.4 is 4.74 Å². The summed E-state index contributed by atoms with van der Waals surface area (Å²) in [7, 11) is 0. The van der Waals surface area contributed by atoms with Gasteiger partial charge in [0, 0.05) is 12.1 Å². The Bertz CT molecular complexity index is 858. The molecular weight excluding hydrogens is 413 g/mol. The van der Waals surface area contributed by atoms with Crippen molar-refractivity contribution in [2.45, 2.75) is 57.5 Å². The van der Waals surface area contributed by atoms with E-state index in [9.17, 15) is 30.7 Å². The van der Waals surface area contributed by atoms with Crippen LogP contribution in [0.25, 0.3) is 0 Å². The van der Waals surface area contributed by atoms with Crippen LogP contribution in [0.15, 0.2) is 24.3 Å². The van der Waals surface area contributed by atoms with E-state index in [0.29, 0.717) is 24.3 Å². The number of alkyl halides is 2. The van der Waals surface area contributed by atoms with Crippen molar-refractivity contribution in [3.63, 3.8) is 0 Å². The van der Waals surface area contributed by atoms with Crippen molar-refractivity contribution in [3.05, 3.63) is 64.5 Å². The van der Waals surface area contributed by atoms with Crippen LogP contribution in [0.5, 0.6) is 5.75 Å². The van der Waals surface area contributed by atoms with E-state index >= 15 is 0 Å². The zero-order chi connectivity index (χ0) is 22.1. The van der Waals surface area contributed by atoms with Gasteiger partial charge >= 0.3 is 6.11 Å². The van der Waals surface area contributed by atoms with Crippen molar-refractivity contribution in [1.29, 1.82) is 0 Å². The van der Waals surface area contributed by atoms with E-state index in [1.807, 2.05) is 0 Å². The molecule has 0 spiro atoms. The molecule has 2 aromatic carbocycles. The van der Waals surface area contributed by atoms with Gasteiger partial charge in [-0.15, -0.1) is 0 Å². The van der Waals surface area contributed by atoms with Crippen LogP contribution in [0.4, 0.5) is 30.7 Å². The van der Waals surface area contributed by atoms with Crippen LogP contribution in [0.3, 0.4) is 0 Å². The van der Waals surface area contributed by atoms with Gasteiger partial charge in [-0.3, -0.25) is 0 Å². The molecule has 0 aliphatic heterocycles. The Labute approximate surface area is 169 Å². The Balaban J connectivity index is 1.82. The summed E-state index contributed by atoms with van der Waals surface area (Å²) in [6.45, 7) is 2.09. The maximum absolute atomic E-state index is 14.5. The lowest BCUT2D eigenvalue weighted by molar-refractivity contribution is -0.189. The average Bonchev–Trinajstić information content (AvgIpc) is 2.65. The molecule has 0 aromatic heterocycles. The molecule has 1 aliphatic rings. The molecule has 0 radical (unpaired) electrons. The van der Waals surface area contributed by atoms with E-state index in [0.717, 1.165) is 37.8 Å². The van der Waals surface area contributed by atoms with Gasteiger partial charge in [-0.05, 0) is 55.2 Å². The summed E-state index contributed by atoms with van der Waals surface area (Å²) in [6.07, 6.45) is 0.817. The molecule has 3 rings (SSSR count). The van der Waals surface area contributed by atoms with Gasteiger partial charge in [0.2, 0.25) is 0 Å². The number of hydrogen-bond donors (Lipinski definition) is 0. The van der Waals surface area contributed by atoms with Crippen molar-refractivity contribution in [2.24, 2.45) is 5.92 Å². The zero-order valence-electron chi connectivity index (χ0n) is 16.3. The molecule has 1 nitrogen and oxygen atoms in total. The first-order valence-corrected chi connectivity index (χ1v) is 9.83. The van der Waals surface area contributed by atoms with Gasteiger partial charge in [0.15, 0.2) is 17.5 Å². The second-order valence-corrected chi connectivity index (χ2v) is 7.69. The fraction of sp³-hybridized carbons (Fsp3) is 0.455. The molecule has 0 N–H and O–H groups in total. The van der Waals surface area contributed by atoms with E-state index in [4.69, 9.17) is 0 Å². The average molecular weight is 434 g/mol. The van der Waals surface area contributed by atoms with Crippen LogP contribution >= 0.6 is 0 Å². The maximum Gasteiger partial charge on any atom is 0.432 e. The molecule has 0 heterocycles. The van der Waals surface area contributed by atoms with Crippen molar-refractivity contribution < 1.29 is 35.5 Å². The predicted octanol–water partition coefficient (Wildman–Crippen LogP) is 7.58. The van der Waals surface area contributed by atoms with E-state index in [2.05, 4.69) is 11.7 Å². The van der Waals surface area contributed by atoms with E-state index < -0.39 is 46.5 Å². The summed E-state index contributed by atoms with van der Waals surface area (Å²) in [4.78, 5) is 0. The molecule has 0 saturated heterocycles. The minimum absolute atomic E-state index is 0.133. The number of benzene rings is 2. The normalized spacial score (nSPS) is 19.7. The quantitative estimate of drug-likeness (QED) is 0.336. The monoisotopic (exact) mass is 434 g/mol. The van der Waals surface area contributed by atoms with E-state index in [-0.39, 0.29) is 18.1 Å². The van der Waals surface area contributed by atoms with E-state index in [1.54, 1.807) is 0 Å². The van der Waals surface area contributed by atoms with Crippen LogP contribution in [-0.4, -0.2) is 0 Å². The highest BCUT2D eigenvalue weighted by atomic mass is 19.3. The molecule has 30 heavy (non-hydrogen) atoms. The molecule has 0 unspecified atom stereocenters. The van der Waals surface area contributed by atoms with Crippen molar-refractivity contribution in [2.75, 3.05) is 0 Å². The number of hydrogen-bond acceptors (Lipinski definition) is 1. The molecule has 164 valence electrons. The fourth-order valence-electron chi connectivity index (χ4n) is 4.09. The van der Waals surface area contributed by atoms with Gasteiger partial charge < -0.3 is 4.74 Å². The van der Waals surface area contributed by atoms with Gasteiger partial charge in [-0.2, -0.15) is 8.78 Å². The van der Waals surface area contributed by atoms with Crippen LogP contribution in [0.2, 0.25) is 0 Å². The summed E-state index contributed by atoms with van der Waals surface area (Å²) in [6, 6.07) is 2.05. The summed E-state index contributed by atoms with van der Waals surface area (Å²) >= 11 is 0. The second-order valence-electron chi connectivity index (χ2n) is 7.69. The predicted molar refractivity (Wildman–Crippen MR) is 96.8 cm³/mol. The standard InChI is InChI=1S/C22H21F7O/c1-2-3-12-4-6-13(7-5-12)14-8-16(23)20(17(24)9-14)22(28,29)30-15-10-18(25)21(27)19(26)11-15/h8-13H,2-7H2,1H3/t12-,13-. The Kier molecular flexibility index (Phi) is 6.62. The van der Waals surface area contributed by atoms with Crippen molar-refractivity contribution in [1.82, 2.24) is 0 Å². The Morgan fingerprint density at radius 1 is 0.833 bits per heavy atom. The van der Waals surface area contributed by atoms with Crippen molar-refractivity contribution in [3.8, 4) is 5.75 Å². The Morgan fingerprint density at radius 2 is 1.37 bits per heavy atom. The number of ether oxygens (including phenoxy) is 1. The molecule has 2 aromatic rings. The summed E-state index contributed by atoms with van der Waals surface area (Å²) < 4.78 is 101. The van der Waals surface area contributed by atoms with Crippen LogP contribution in [0, 0.1) is 35.0 Å². The van der Waals surface area contributed by atoms with Gasteiger partial charge in [0.1, 0.15) is 22.9 Å². The molecule has 1 saturated carbocycles. The highest BCUT2D eigenvalue weighted by molar-refractivity contribution is 5.33. The van der Waals surface area contributed by atoms with Gasteiger partial charge in [0.05, 0.1) is 0 Å². The topological polar surface area (TPSA) is 9.23 Å².